The Balaban J connectivity index is 1.78. The van der Waals surface area contributed by atoms with Crippen molar-refractivity contribution in [2.24, 2.45) is 7.05 Å². The van der Waals surface area contributed by atoms with E-state index in [1.165, 1.54) is 5.56 Å². The fraction of sp³-hybridized carbons (Fsp3) is 0.188. The summed E-state index contributed by atoms with van der Waals surface area (Å²) in [6.07, 6.45) is 0. The van der Waals surface area contributed by atoms with Crippen LogP contribution in [0.3, 0.4) is 0 Å². The Morgan fingerprint density at radius 3 is 2.85 bits per heavy atom. The van der Waals surface area contributed by atoms with Gasteiger partial charge in [-0.3, -0.25) is 4.79 Å². The Morgan fingerprint density at radius 1 is 1.30 bits per heavy atom. The molecule has 0 aliphatic heterocycles. The Hall–Kier alpha value is -2.07. The van der Waals surface area contributed by atoms with Crippen molar-refractivity contribution >= 4 is 27.5 Å². The first-order valence-corrected chi connectivity index (χ1v) is 7.40. The minimum atomic E-state index is -0.0286. The van der Waals surface area contributed by atoms with Crippen LogP contribution in [0.4, 0.5) is 0 Å². The molecule has 0 saturated carbocycles. The minimum absolute atomic E-state index is 0.0286. The zero-order valence-electron chi connectivity index (χ0n) is 11.5. The summed E-state index contributed by atoms with van der Waals surface area (Å²) >= 11 is 1.66. The standard InChI is InChI=1S/C16H16N2OS/c1-11-5-3-4-6-12(11)10-17-16(19)14-9-15-13(18(14)2)7-8-20-15/h3-9H,10H2,1-2H3,(H,17,19). The maximum atomic E-state index is 12.3. The van der Waals surface area contributed by atoms with Gasteiger partial charge in [0.05, 0.1) is 10.2 Å². The van der Waals surface area contributed by atoms with Gasteiger partial charge in [-0.2, -0.15) is 0 Å². The zero-order chi connectivity index (χ0) is 14.1. The number of carbonyl (C=O) groups excluding carboxylic acids is 1. The van der Waals surface area contributed by atoms with Crippen LogP contribution in [0.1, 0.15) is 21.6 Å². The molecule has 1 amide bonds. The molecule has 0 fully saturated rings. The first-order chi connectivity index (χ1) is 9.66. The molecule has 4 heteroatoms. The number of nitrogens with zero attached hydrogens (tertiary/aromatic N) is 1. The summed E-state index contributed by atoms with van der Waals surface area (Å²) in [6, 6.07) is 12.1. The second kappa shape index (κ2) is 5.13. The Morgan fingerprint density at radius 2 is 2.10 bits per heavy atom. The maximum absolute atomic E-state index is 12.3. The highest BCUT2D eigenvalue weighted by atomic mass is 32.1. The van der Waals surface area contributed by atoms with Gasteiger partial charge in [0.1, 0.15) is 5.69 Å². The van der Waals surface area contributed by atoms with Crippen molar-refractivity contribution in [1.82, 2.24) is 9.88 Å². The molecule has 3 rings (SSSR count). The van der Waals surface area contributed by atoms with Crippen LogP contribution in [0.5, 0.6) is 0 Å². The van der Waals surface area contributed by atoms with Gasteiger partial charge in [0, 0.05) is 13.6 Å². The third-order valence-electron chi connectivity index (χ3n) is 3.60. The van der Waals surface area contributed by atoms with E-state index in [0.29, 0.717) is 12.2 Å². The molecule has 1 aromatic carbocycles. The predicted molar refractivity (Wildman–Crippen MR) is 83.1 cm³/mol. The van der Waals surface area contributed by atoms with E-state index in [1.807, 2.05) is 47.3 Å². The van der Waals surface area contributed by atoms with Crippen LogP contribution in [-0.4, -0.2) is 10.5 Å². The van der Waals surface area contributed by atoms with Crippen molar-refractivity contribution in [1.29, 1.82) is 0 Å². The summed E-state index contributed by atoms with van der Waals surface area (Å²) in [4.78, 5) is 12.3. The molecule has 3 aromatic rings. The molecule has 0 spiro atoms. The van der Waals surface area contributed by atoms with Gasteiger partial charge in [0.15, 0.2) is 0 Å². The number of aryl methyl sites for hydroxylation is 2. The van der Waals surface area contributed by atoms with E-state index in [0.717, 1.165) is 15.8 Å². The number of fused-ring (bicyclic) bond motifs is 1. The fourth-order valence-electron chi connectivity index (χ4n) is 2.34. The molecule has 20 heavy (non-hydrogen) atoms. The van der Waals surface area contributed by atoms with E-state index >= 15 is 0 Å². The highest BCUT2D eigenvalue weighted by molar-refractivity contribution is 7.17. The first kappa shape index (κ1) is 12.9. The molecule has 102 valence electrons. The molecule has 0 bridgehead atoms. The highest BCUT2D eigenvalue weighted by Crippen LogP contribution is 2.24. The average molecular weight is 284 g/mol. The van der Waals surface area contributed by atoms with E-state index in [2.05, 4.69) is 18.3 Å². The van der Waals surface area contributed by atoms with E-state index in [9.17, 15) is 4.79 Å². The van der Waals surface area contributed by atoms with Crippen LogP contribution in [0, 0.1) is 6.92 Å². The lowest BCUT2D eigenvalue weighted by Crippen LogP contribution is -2.25. The highest BCUT2D eigenvalue weighted by Gasteiger charge is 2.13. The van der Waals surface area contributed by atoms with Gasteiger partial charge in [0.25, 0.3) is 5.91 Å². The van der Waals surface area contributed by atoms with Crippen LogP contribution in [0.25, 0.3) is 10.2 Å². The Labute approximate surface area is 121 Å². The molecule has 0 saturated heterocycles. The van der Waals surface area contributed by atoms with E-state index < -0.39 is 0 Å². The first-order valence-electron chi connectivity index (χ1n) is 6.52. The van der Waals surface area contributed by atoms with Gasteiger partial charge in [-0.1, -0.05) is 24.3 Å². The summed E-state index contributed by atoms with van der Waals surface area (Å²) in [6.45, 7) is 2.62. The Kier molecular flexibility index (Phi) is 3.32. The van der Waals surface area contributed by atoms with Crippen LogP contribution in [0.2, 0.25) is 0 Å². The monoisotopic (exact) mass is 284 g/mol. The lowest BCUT2D eigenvalue weighted by Gasteiger charge is -2.08. The summed E-state index contributed by atoms with van der Waals surface area (Å²) in [5.41, 5.74) is 4.16. The number of nitrogens with one attached hydrogen (secondary N) is 1. The zero-order valence-corrected chi connectivity index (χ0v) is 12.3. The number of rotatable bonds is 3. The van der Waals surface area contributed by atoms with Crippen molar-refractivity contribution in [3.05, 3.63) is 58.6 Å². The summed E-state index contributed by atoms with van der Waals surface area (Å²) in [5, 5.41) is 5.03. The lowest BCUT2D eigenvalue weighted by atomic mass is 10.1. The van der Waals surface area contributed by atoms with Crippen LogP contribution < -0.4 is 5.32 Å². The van der Waals surface area contributed by atoms with Gasteiger partial charge in [-0.05, 0) is 35.6 Å². The molecule has 1 N–H and O–H groups in total. The normalized spacial score (nSPS) is 10.9. The Bertz CT molecular complexity index is 770. The molecule has 0 aliphatic carbocycles. The SMILES string of the molecule is Cc1ccccc1CNC(=O)c1cc2sccc2n1C. The third kappa shape index (κ3) is 2.23. The molecule has 0 aliphatic rings. The van der Waals surface area contributed by atoms with Gasteiger partial charge in [-0.15, -0.1) is 11.3 Å². The molecule has 0 unspecified atom stereocenters. The second-order valence-corrected chi connectivity index (χ2v) is 5.82. The topological polar surface area (TPSA) is 34.0 Å². The lowest BCUT2D eigenvalue weighted by molar-refractivity contribution is 0.0943. The largest absolute Gasteiger partial charge is 0.347 e. The van der Waals surface area contributed by atoms with Crippen molar-refractivity contribution in [3.8, 4) is 0 Å². The van der Waals surface area contributed by atoms with Gasteiger partial charge >= 0.3 is 0 Å². The number of thiophene rings is 1. The molecule has 3 nitrogen and oxygen atoms in total. The summed E-state index contributed by atoms with van der Waals surface area (Å²) < 4.78 is 3.09. The number of amides is 1. The molecular weight excluding hydrogens is 268 g/mol. The minimum Gasteiger partial charge on any atom is -0.347 e. The average Bonchev–Trinajstić information content (AvgIpc) is 3.01. The van der Waals surface area contributed by atoms with Crippen molar-refractivity contribution in [3.63, 3.8) is 0 Å². The number of hydrogen-bond acceptors (Lipinski definition) is 2. The smallest absolute Gasteiger partial charge is 0.268 e. The van der Waals surface area contributed by atoms with Crippen molar-refractivity contribution < 1.29 is 4.79 Å². The van der Waals surface area contributed by atoms with Gasteiger partial charge < -0.3 is 9.88 Å². The predicted octanol–water partition coefficient (Wildman–Crippen LogP) is 3.48. The summed E-state index contributed by atoms with van der Waals surface area (Å²) in [5.74, 6) is -0.0286. The fourth-order valence-corrected chi connectivity index (χ4v) is 3.19. The second-order valence-electron chi connectivity index (χ2n) is 4.87. The molecule has 2 aromatic heterocycles. The van der Waals surface area contributed by atoms with Gasteiger partial charge in [-0.25, -0.2) is 0 Å². The number of hydrogen-bond donors (Lipinski definition) is 1. The van der Waals surface area contributed by atoms with Crippen molar-refractivity contribution in [2.45, 2.75) is 13.5 Å². The van der Waals surface area contributed by atoms with E-state index in [-0.39, 0.29) is 5.91 Å². The maximum Gasteiger partial charge on any atom is 0.268 e. The van der Waals surface area contributed by atoms with E-state index in [4.69, 9.17) is 0 Å². The van der Waals surface area contributed by atoms with Crippen molar-refractivity contribution in [2.75, 3.05) is 0 Å². The van der Waals surface area contributed by atoms with Gasteiger partial charge in [0.2, 0.25) is 0 Å². The molecular formula is C16H16N2OS. The summed E-state index contributed by atoms with van der Waals surface area (Å²) in [7, 11) is 1.93. The number of aromatic nitrogens is 1. The van der Waals surface area contributed by atoms with E-state index in [1.54, 1.807) is 11.3 Å². The third-order valence-corrected chi connectivity index (χ3v) is 4.45. The number of carbonyl (C=O) groups is 1. The van der Waals surface area contributed by atoms with Crippen LogP contribution >= 0.6 is 11.3 Å². The number of benzene rings is 1. The van der Waals surface area contributed by atoms with Crippen LogP contribution in [0.15, 0.2) is 41.8 Å². The molecule has 2 heterocycles. The molecule has 0 radical (unpaired) electrons. The molecule has 0 atom stereocenters. The van der Waals surface area contributed by atoms with Crippen LogP contribution in [-0.2, 0) is 13.6 Å². The quantitative estimate of drug-likeness (QED) is 0.785.